The van der Waals surface area contributed by atoms with Crippen LogP contribution in [0, 0.1) is 5.41 Å². The smallest absolute Gasteiger partial charge is 0.144 e. The van der Waals surface area contributed by atoms with E-state index in [1.54, 1.807) is 0 Å². The van der Waals surface area contributed by atoms with E-state index >= 15 is 0 Å². The third-order valence-corrected chi connectivity index (χ3v) is 4.66. The first-order chi connectivity index (χ1) is 9.39. The topological polar surface area (TPSA) is 16.1 Å². The van der Waals surface area contributed by atoms with Crippen LogP contribution in [0.5, 0.6) is 0 Å². The summed E-state index contributed by atoms with van der Waals surface area (Å²) in [6.45, 7) is 14.8. The summed E-state index contributed by atoms with van der Waals surface area (Å²) < 4.78 is 0. The monoisotopic (exact) mass is 272 g/mol. The maximum absolute atomic E-state index is 4.65. The van der Waals surface area contributed by atoms with Crippen LogP contribution in [0.15, 0.2) is 18.3 Å². The Hall–Kier alpha value is -0.985. The van der Waals surface area contributed by atoms with Crippen LogP contribution in [-0.2, 0) is 6.42 Å². The molecule has 1 aromatic heterocycles. The highest BCUT2D eigenvalue weighted by Crippen LogP contribution is 2.30. The second kappa shape index (κ2) is 6.20. The molecule has 1 aromatic rings. The van der Waals surface area contributed by atoms with Gasteiger partial charge in [0.05, 0.1) is 0 Å². The Balaban J connectivity index is 1.84. The first-order valence-corrected chi connectivity index (χ1v) is 8.09. The van der Waals surface area contributed by atoms with Crippen LogP contribution < -0.4 is 4.90 Å². The van der Waals surface area contributed by atoms with E-state index in [-0.39, 0.29) is 0 Å². The lowest BCUT2D eigenvalue weighted by atomic mass is 9.39. The quantitative estimate of drug-likeness (QED) is 0.739. The Morgan fingerprint density at radius 2 is 2.00 bits per heavy atom. The lowest BCUT2D eigenvalue weighted by Crippen LogP contribution is -2.48. The molecule has 0 aliphatic carbocycles. The van der Waals surface area contributed by atoms with Gasteiger partial charge in [-0.2, -0.15) is 0 Å². The van der Waals surface area contributed by atoms with Gasteiger partial charge in [-0.05, 0) is 35.7 Å². The van der Waals surface area contributed by atoms with E-state index < -0.39 is 0 Å². The third kappa shape index (κ3) is 4.00. The van der Waals surface area contributed by atoms with Crippen LogP contribution in [0.4, 0.5) is 5.82 Å². The fraction of sp³-hybridized carbons (Fsp3) is 0.706. The van der Waals surface area contributed by atoms with Gasteiger partial charge in [0.2, 0.25) is 0 Å². The number of aryl methyl sites for hydroxylation is 1. The Bertz CT molecular complexity index is 416. The number of hydrogen-bond donors (Lipinski definition) is 0. The second-order valence-electron chi connectivity index (χ2n) is 7.64. The molecule has 20 heavy (non-hydrogen) atoms. The Kier molecular flexibility index (Phi) is 4.77. The predicted octanol–water partition coefficient (Wildman–Crippen LogP) is 4.40. The molecule has 0 saturated carbocycles. The minimum absolute atomic E-state index is 0.402. The van der Waals surface area contributed by atoms with Gasteiger partial charge in [-0.15, -0.1) is 0 Å². The zero-order chi connectivity index (χ0) is 14.8. The van der Waals surface area contributed by atoms with Crippen molar-refractivity contribution >= 4 is 12.5 Å². The zero-order valence-corrected chi connectivity index (χ0v) is 13.8. The number of hydrogen-bond acceptors (Lipinski definition) is 2. The standard InChI is InChI=1S/C17H29BN2/c1-6-18(5)15-12-20(13-15)16-8-7-14(11-19-16)9-10-17(2,3)4/h7-8,11,15H,6,9-10,12-13H2,1-5H3. The Morgan fingerprint density at radius 3 is 2.50 bits per heavy atom. The van der Waals surface area contributed by atoms with Gasteiger partial charge in [-0.25, -0.2) is 4.98 Å². The van der Waals surface area contributed by atoms with Crippen molar-refractivity contribution in [2.24, 2.45) is 5.41 Å². The molecule has 1 aliphatic rings. The second-order valence-corrected chi connectivity index (χ2v) is 7.64. The van der Waals surface area contributed by atoms with Crippen molar-refractivity contribution in [3.8, 4) is 0 Å². The van der Waals surface area contributed by atoms with Gasteiger partial charge in [0.15, 0.2) is 0 Å². The summed E-state index contributed by atoms with van der Waals surface area (Å²) >= 11 is 0. The molecule has 2 nitrogen and oxygen atoms in total. The van der Waals surface area contributed by atoms with Crippen molar-refractivity contribution in [2.45, 2.75) is 59.5 Å². The van der Waals surface area contributed by atoms with Gasteiger partial charge < -0.3 is 4.90 Å². The van der Waals surface area contributed by atoms with Crippen LogP contribution in [0.3, 0.4) is 0 Å². The lowest BCUT2D eigenvalue weighted by molar-refractivity contribution is 0.378. The minimum atomic E-state index is 0.402. The molecular formula is C17H29BN2. The Morgan fingerprint density at radius 1 is 1.30 bits per heavy atom. The molecule has 1 aliphatic heterocycles. The first kappa shape index (κ1) is 15.4. The molecule has 0 atom stereocenters. The maximum atomic E-state index is 4.65. The molecule has 0 N–H and O–H groups in total. The van der Waals surface area contributed by atoms with E-state index in [0.29, 0.717) is 5.41 Å². The average molecular weight is 272 g/mol. The molecule has 0 spiro atoms. The fourth-order valence-electron chi connectivity index (χ4n) is 2.66. The van der Waals surface area contributed by atoms with Crippen molar-refractivity contribution in [1.29, 1.82) is 0 Å². The summed E-state index contributed by atoms with van der Waals surface area (Å²) in [5, 5.41) is 0. The minimum Gasteiger partial charge on any atom is -0.357 e. The van der Waals surface area contributed by atoms with E-state index in [0.717, 1.165) is 24.8 Å². The van der Waals surface area contributed by atoms with Crippen LogP contribution in [0.25, 0.3) is 0 Å². The Labute approximate surface area is 125 Å². The van der Waals surface area contributed by atoms with Crippen molar-refractivity contribution in [3.63, 3.8) is 0 Å². The van der Waals surface area contributed by atoms with Crippen LogP contribution in [-0.4, -0.2) is 24.8 Å². The predicted molar refractivity (Wildman–Crippen MR) is 90.1 cm³/mol. The molecule has 110 valence electrons. The van der Waals surface area contributed by atoms with Crippen LogP contribution >= 0.6 is 0 Å². The summed E-state index contributed by atoms with van der Waals surface area (Å²) in [5.41, 5.74) is 1.77. The van der Waals surface area contributed by atoms with Crippen molar-refractivity contribution < 1.29 is 0 Å². The lowest BCUT2D eigenvalue weighted by Gasteiger charge is -2.42. The van der Waals surface area contributed by atoms with E-state index in [4.69, 9.17) is 0 Å². The van der Waals surface area contributed by atoms with Gasteiger partial charge in [0, 0.05) is 19.3 Å². The number of anilines is 1. The number of nitrogens with zero attached hydrogens (tertiary/aromatic N) is 2. The highest BCUT2D eigenvalue weighted by atomic mass is 15.2. The summed E-state index contributed by atoms with van der Waals surface area (Å²) in [5.74, 6) is 2.02. The molecule has 0 aromatic carbocycles. The van der Waals surface area contributed by atoms with Crippen molar-refractivity contribution in [3.05, 3.63) is 23.9 Å². The van der Waals surface area contributed by atoms with Gasteiger partial charge >= 0.3 is 0 Å². The highest BCUT2D eigenvalue weighted by molar-refractivity contribution is 6.59. The van der Waals surface area contributed by atoms with Crippen LogP contribution in [0.1, 0.15) is 39.7 Å². The maximum Gasteiger partial charge on any atom is 0.144 e. The number of rotatable bonds is 5. The zero-order valence-electron chi connectivity index (χ0n) is 13.8. The molecule has 3 heteroatoms. The molecule has 0 radical (unpaired) electrons. The molecule has 0 unspecified atom stereocenters. The summed E-state index contributed by atoms with van der Waals surface area (Å²) in [6.07, 6.45) is 5.70. The van der Waals surface area contributed by atoms with E-state index in [1.165, 1.54) is 31.4 Å². The largest absolute Gasteiger partial charge is 0.357 e. The first-order valence-electron chi connectivity index (χ1n) is 8.09. The summed E-state index contributed by atoms with van der Waals surface area (Å²) in [7, 11) is 0. The van der Waals surface area contributed by atoms with E-state index in [9.17, 15) is 0 Å². The highest BCUT2D eigenvalue weighted by Gasteiger charge is 2.32. The molecule has 1 saturated heterocycles. The average Bonchev–Trinajstić information content (AvgIpc) is 2.35. The van der Waals surface area contributed by atoms with Gasteiger partial charge in [-0.1, -0.05) is 46.9 Å². The summed E-state index contributed by atoms with van der Waals surface area (Å²) in [4.78, 5) is 7.05. The van der Waals surface area contributed by atoms with Crippen molar-refractivity contribution in [1.82, 2.24) is 4.98 Å². The van der Waals surface area contributed by atoms with Gasteiger partial charge in [0.1, 0.15) is 12.5 Å². The molecular weight excluding hydrogens is 243 g/mol. The number of aromatic nitrogens is 1. The fourth-order valence-corrected chi connectivity index (χ4v) is 2.66. The van der Waals surface area contributed by atoms with E-state index in [2.05, 4.69) is 62.7 Å². The number of pyridine rings is 1. The van der Waals surface area contributed by atoms with Gasteiger partial charge in [0.25, 0.3) is 0 Å². The SMILES string of the molecule is CCB(C)C1CN(c2ccc(CCC(C)(C)C)cn2)C1. The van der Waals surface area contributed by atoms with Crippen molar-refractivity contribution in [2.75, 3.05) is 18.0 Å². The molecule has 0 bridgehead atoms. The van der Waals surface area contributed by atoms with Gasteiger partial charge in [-0.3, -0.25) is 0 Å². The van der Waals surface area contributed by atoms with Crippen LogP contribution in [0.2, 0.25) is 19.0 Å². The molecule has 2 rings (SSSR count). The van der Waals surface area contributed by atoms with E-state index in [1.807, 2.05) is 0 Å². The summed E-state index contributed by atoms with van der Waals surface area (Å²) in [6, 6.07) is 4.45. The molecule has 0 amide bonds. The molecule has 2 heterocycles. The normalized spacial score (nSPS) is 16.1. The third-order valence-electron chi connectivity index (χ3n) is 4.66. The molecule has 1 fully saturated rings.